The Kier molecular flexibility index (Phi) is 8.05. The van der Waals surface area contributed by atoms with Gasteiger partial charge >= 0.3 is 12.1 Å². The van der Waals surface area contributed by atoms with Gasteiger partial charge in [0.05, 0.1) is 33.6 Å². The molecule has 0 bridgehead atoms. The van der Waals surface area contributed by atoms with Crippen LogP contribution in [0, 0.1) is 0 Å². The summed E-state index contributed by atoms with van der Waals surface area (Å²) in [5.74, 6) is -0.938. The predicted octanol–water partition coefficient (Wildman–Crippen LogP) is 4.97. The molecule has 39 heavy (non-hydrogen) atoms. The first-order chi connectivity index (χ1) is 18.2. The van der Waals surface area contributed by atoms with Gasteiger partial charge in [0.15, 0.2) is 5.13 Å². The van der Waals surface area contributed by atoms with Crippen LogP contribution in [0.2, 0.25) is 5.02 Å². The van der Waals surface area contributed by atoms with Crippen molar-refractivity contribution in [1.29, 1.82) is 0 Å². The molecule has 208 valence electrons. The minimum Gasteiger partial charge on any atom is -0.488 e. The third kappa shape index (κ3) is 6.97. The van der Waals surface area contributed by atoms with E-state index in [-0.39, 0.29) is 32.3 Å². The first-order valence-electron chi connectivity index (χ1n) is 11.9. The Hall–Kier alpha value is -3.42. The Balaban J connectivity index is 1.51. The summed E-state index contributed by atoms with van der Waals surface area (Å²) in [5, 5.41) is 2.44. The van der Waals surface area contributed by atoms with E-state index >= 15 is 0 Å². The van der Waals surface area contributed by atoms with E-state index in [9.17, 15) is 22.8 Å². The van der Waals surface area contributed by atoms with E-state index in [0.717, 1.165) is 22.3 Å². The van der Waals surface area contributed by atoms with E-state index in [1.807, 2.05) is 0 Å². The number of urea groups is 1. The summed E-state index contributed by atoms with van der Waals surface area (Å²) in [6, 6.07) is 10.1. The number of rotatable bonds is 5. The maximum atomic E-state index is 13.3. The van der Waals surface area contributed by atoms with Gasteiger partial charge < -0.3 is 14.4 Å². The van der Waals surface area contributed by atoms with Crippen LogP contribution in [0.1, 0.15) is 37.6 Å². The van der Waals surface area contributed by atoms with Crippen molar-refractivity contribution < 1.29 is 32.3 Å². The topological polar surface area (TPSA) is 135 Å². The van der Waals surface area contributed by atoms with E-state index in [2.05, 4.69) is 10.3 Å². The van der Waals surface area contributed by atoms with E-state index in [1.54, 1.807) is 45.0 Å². The number of aromatic nitrogens is 1. The van der Waals surface area contributed by atoms with E-state index in [0.29, 0.717) is 18.5 Å². The molecule has 2 heterocycles. The number of carbonyl (C=O) groups excluding carboxylic acids is 3. The normalized spacial score (nSPS) is 15.7. The van der Waals surface area contributed by atoms with Crippen LogP contribution >= 0.6 is 22.9 Å². The minimum absolute atomic E-state index is 0.0735. The van der Waals surface area contributed by atoms with Crippen molar-refractivity contribution in [3.8, 4) is 5.75 Å². The van der Waals surface area contributed by atoms with Gasteiger partial charge in [0, 0.05) is 13.0 Å². The molecule has 0 saturated carbocycles. The first-order valence-corrected chi connectivity index (χ1v) is 14.9. The van der Waals surface area contributed by atoms with Crippen molar-refractivity contribution in [2.45, 2.75) is 38.9 Å². The summed E-state index contributed by atoms with van der Waals surface area (Å²) in [5.41, 5.74) is -0.271. The number of nitrogens with one attached hydrogen (secondary N) is 1. The predicted molar refractivity (Wildman–Crippen MR) is 148 cm³/mol. The largest absolute Gasteiger partial charge is 0.488 e. The van der Waals surface area contributed by atoms with Gasteiger partial charge in [-0.2, -0.15) is 4.31 Å². The van der Waals surface area contributed by atoms with Gasteiger partial charge in [0.25, 0.3) is 5.91 Å². The second kappa shape index (κ2) is 11.0. The number of amides is 4. The van der Waals surface area contributed by atoms with Crippen LogP contribution in [0.15, 0.2) is 42.5 Å². The highest BCUT2D eigenvalue weighted by Crippen LogP contribution is 2.29. The molecule has 14 heteroatoms. The third-order valence-corrected chi connectivity index (χ3v) is 7.75. The molecule has 1 unspecified atom stereocenters. The maximum Gasteiger partial charge on any atom is 0.410 e. The molecular weight excluding hydrogens is 568 g/mol. The molecule has 11 nitrogen and oxygen atoms in total. The number of fused-ring (bicyclic) bond motifs is 1. The molecule has 1 fully saturated rings. The van der Waals surface area contributed by atoms with Crippen LogP contribution in [0.5, 0.6) is 5.75 Å². The van der Waals surface area contributed by atoms with E-state index < -0.39 is 39.8 Å². The molecular formula is C25H27ClN4O7S2. The summed E-state index contributed by atoms with van der Waals surface area (Å²) in [7, 11) is -4.35. The summed E-state index contributed by atoms with van der Waals surface area (Å²) in [6.45, 7) is 6.02. The van der Waals surface area contributed by atoms with Gasteiger partial charge in [-0.3, -0.25) is 10.1 Å². The smallest absolute Gasteiger partial charge is 0.410 e. The standard InChI is InChI=1S/C25H27ClN4O7S2/c1-25(2,3)37-24(33)29-12-11-16(14-29)36-15-9-10-18(26)17(13-15)21(31)30(39(4,34)35)23(32)28-22-27-19-7-5-6-8-20(19)38-22/h5-10,13,16H,11-12,14H2,1-4H3,(H,27,28,32). The molecule has 1 aromatic heterocycles. The minimum atomic E-state index is -4.35. The van der Waals surface area contributed by atoms with Gasteiger partial charge in [0.1, 0.15) is 17.5 Å². The zero-order valence-electron chi connectivity index (χ0n) is 21.6. The zero-order valence-corrected chi connectivity index (χ0v) is 24.0. The number of nitrogens with zero attached hydrogens (tertiary/aromatic N) is 3. The lowest BCUT2D eigenvalue weighted by atomic mass is 10.2. The number of hydrogen-bond donors (Lipinski definition) is 1. The maximum absolute atomic E-state index is 13.3. The number of ether oxygens (including phenoxy) is 2. The average Bonchev–Trinajstić information content (AvgIpc) is 3.44. The second-order valence-corrected chi connectivity index (χ2v) is 13.1. The molecule has 3 aromatic rings. The van der Waals surface area contributed by atoms with Gasteiger partial charge in [-0.05, 0) is 51.1 Å². The first kappa shape index (κ1) is 28.6. The Bertz CT molecular complexity index is 1500. The quantitative estimate of drug-likeness (QED) is 0.437. The lowest BCUT2D eigenvalue weighted by molar-refractivity contribution is 0.0275. The summed E-state index contributed by atoms with van der Waals surface area (Å²) in [6.07, 6.45) is 0.407. The molecule has 2 aromatic carbocycles. The SMILES string of the molecule is CC(C)(C)OC(=O)N1CCC(Oc2ccc(Cl)c(C(=O)N(C(=O)Nc3nc4ccccc4s3)S(C)(=O)=O)c2)C1. The molecule has 4 amide bonds. The van der Waals surface area contributed by atoms with E-state index in [4.69, 9.17) is 21.1 Å². The van der Waals surface area contributed by atoms with Gasteiger partial charge in [-0.25, -0.2) is 23.0 Å². The number of halogens is 1. The molecule has 4 rings (SSSR count). The van der Waals surface area contributed by atoms with Crippen molar-refractivity contribution >= 4 is 66.3 Å². The van der Waals surface area contributed by atoms with Crippen molar-refractivity contribution in [2.75, 3.05) is 24.7 Å². The number of carbonyl (C=O) groups is 3. The Morgan fingerprint density at radius 2 is 1.90 bits per heavy atom. The highest BCUT2D eigenvalue weighted by molar-refractivity contribution is 7.89. The molecule has 0 aliphatic carbocycles. The monoisotopic (exact) mass is 594 g/mol. The van der Waals surface area contributed by atoms with Crippen molar-refractivity contribution in [1.82, 2.24) is 14.2 Å². The Labute approximate surface area is 234 Å². The zero-order chi connectivity index (χ0) is 28.5. The second-order valence-electron chi connectivity index (χ2n) is 9.85. The number of hydrogen-bond acceptors (Lipinski definition) is 9. The number of likely N-dealkylation sites (tertiary alicyclic amines) is 1. The van der Waals surface area contributed by atoms with Crippen LogP contribution in [-0.4, -0.2) is 71.7 Å². The lowest BCUT2D eigenvalue weighted by Crippen LogP contribution is -2.43. The average molecular weight is 595 g/mol. The number of thiazole rings is 1. The fraction of sp³-hybridized carbons (Fsp3) is 0.360. The molecule has 1 N–H and O–H groups in total. The van der Waals surface area contributed by atoms with Crippen LogP contribution in [0.4, 0.5) is 14.7 Å². The summed E-state index contributed by atoms with van der Waals surface area (Å²) >= 11 is 7.37. The van der Waals surface area contributed by atoms with Gasteiger partial charge in [-0.1, -0.05) is 35.1 Å². The van der Waals surface area contributed by atoms with Crippen LogP contribution in [0.25, 0.3) is 10.2 Å². The van der Waals surface area contributed by atoms with Crippen LogP contribution < -0.4 is 10.1 Å². The third-order valence-electron chi connectivity index (χ3n) is 5.48. The van der Waals surface area contributed by atoms with Crippen LogP contribution in [0.3, 0.4) is 0 Å². The number of imide groups is 1. The Morgan fingerprint density at radius 1 is 1.18 bits per heavy atom. The number of sulfonamides is 1. The van der Waals surface area contributed by atoms with Crippen molar-refractivity contribution in [2.24, 2.45) is 0 Å². The number of para-hydroxylation sites is 1. The molecule has 1 aliphatic rings. The number of benzene rings is 2. The van der Waals surface area contributed by atoms with Gasteiger partial charge in [0.2, 0.25) is 10.0 Å². The summed E-state index contributed by atoms with van der Waals surface area (Å²) < 4.78 is 37.3. The van der Waals surface area contributed by atoms with Crippen molar-refractivity contribution in [3.05, 3.63) is 53.1 Å². The fourth-order valence-electron chi connectivity index (χ4n) is 3.82. The number of anilines is 1. The van der Waals surface area contributed by atoms with Gasteiger partial charge in [-0.15, -0.1) is 0 Å². The highest BCUT2D eigenvalue weighted by atomic mass is 35.5. The lowest BCUT2D eigenvalue weighted by Gasteiger charge is -2.24. The summed E-state index contributed by atoms with van der Waals surface area (Å²) in [4.78, 5) is 44.4. The van der Waals surface area contributed by atoms with E-state index in [1.165, 1.54) is 23.1 Å². The molecule has 1 aliphatic heterocycles. The Morgan fingerprint density at radius 3 is 2.56 bits per heavy atom. The van der Waals surface area contributed by atoms with Crippen molar-refractivity contribution in [3.63, 3.8) is 0 Å². The van der Waals surface area contributed by atoms with Crippen LogP contribution in [-0.2, 0) is 14.8 Å². The fourth-order valence-corrected chi connectivity index (χ4v) is 5.62. The molecule has 1 saturated heterocycles. The molecule has 0 radical (unpaired) electrons. The molecule has 1 atom stereocenters. The highest BCUT2D eigenvalue weighted by Gasteiger charge is 2.35. The molecule has 0 spiro atoms.